The van der Waals surface area contributed by atoms with Gasteiger partial charge in [0.1, 0.15) is 11.5 Å². The van der Waals surface area contributed by atoms with Crippen LogP contribution < -0.4 is 4.90 Å². The second-order valence-electron chi connectivity index (χ2n) is 6.38. The second-order valence-corrected chi connectivity index (χ2v) is 8.06. The smallest absolute Gasteiger partial charge is 0.335 e. The molecule has 154 valence electrons. The van der Waals surface area contributed by atoms with Gasteiger partial charge in [0.05, 0.1) is 21.1 Å². The number of thioether (sulfide) groups is 1. The number of anilines is 1. The van der Waals surface area contributed by atoms with E-state index < -0.39 is 16.8 Å². The summed E-state index contributed by atoms with van der Waals surface area (Å²) in [6, 6.07) is 15.3. The maximum atomic E-state index is 12.9. The van der Waals surface area contributed by atoms with E-state index in [9.17, 15) is 19.7 Å². The van der Waals surface area contributed by atoms with Crippen molar-refractivity contribution in [1.29, 1.82) is 0 Å². The van der Waals surface area contributed by atoms with Gasteiger partial charge in [-0.3, -0.25) is 19.8 Å². The number of aromatic carboxylic acids is 1. The Balaban J connectivity index is 1.61. The molecule has 31 heavy (non-hydrogen) atoms. The lowest BCUT2D eigenvalue weighted by Crippen LogP contribution is -2.27. The molecule has 8 nitrogen and oxygen atoms in total. The molecule has 0 spiro atoms. The van der Waals surface area contributed by atoms with E-state index in [1.165, 1.54) is 41.3 Å². The third-order valence-electron chi connectivity index (χ3n) is 4.39. The highest BCUT2D eigenvalue weighted by molar-refractivity contribution is 8.27. The normalized spacial score (nSPS) is 15.0. The summed E-state index contributed by atoms with van der Waals surface area (Å²) < 4.78 is 6.00. The molecule has 2 heterocycles. The van der Waals surface area contributed by atoms with Crippen LogP contribution >= 0.6 is 24.0 Å². The Morgan fingerprint density at radius 3 is 2.68 bits per heavy atom. The van der Waals surface area contributed by atoms with Crippen LogP contribution in [0.1, 0.15) is 16.1 Å². The van der Waals surface area contributed by atoms with Gasteiger partial charge in [0.15, 0.2) is 4.32 Å². The fraction of sp³-hybridized carbons (Fsp3) is 0. The zero-order valence-electron chi connectivity index (χ0n) is 15.6. The lowest BCUT2D eigenvalue weighted by molar-refractivity contribution is -0.384. The first-order chi connectivity index (χ1) is 14.8. The van der Waals surface area contributed by atoms with Crippen molar-refractivity contribution in [2.45, 2.75) is 0 Å². The second kappa shape index (κ2) is 8.17. The van der Waals surface area contributed by atoms with Crippen LogP contribution in [-0.4, -0.2) is 26.2 Å². The predicted molar refractivity (Wildman–Crippen MR) is 120 cm³/mol. The summed E-state index contributed by atoms with van der Waals surface area (Å²) in [6.45, 7) is 0. The number of nitrogens with zero attached hydrogens (tertiary/aromatic N) is 2. The van der Waals surface area contributed by atoms with Crippen LogP contribution in [-0.2, 0) is 4.79 Å². The average Bonchev–Trinajstić information content (AvgIpc) is 3.32. The van der Waals surface area contributed by atoms with Crippen LogP contribution in [0.3, 0.4) is 0 Å². The number of hydrogen-bond acceptors (Lipinski definition) is 7. The Morgan fingerprint density at radius 1 is 1.16 bits per heavy atom. The largest absolute Gasteiger partial charge is 0.478 e. The molecule has 0 radical (unpaired) electrons. The Morgan fingerprint density at radius 2 is 1.94 bits per heavy atom. The van der Waals surface area contributed by atoms with E-state index in [0.717, 1.165) is 11.8 Å². The number of hydrogen-bond donors (Lipinski definition) is 1. The van der Waals surface area contributed by atoms with Crippen molar-refractivity contribution < 1.29 is 24.0 Å². The molecule has 1 N–H and O–H groups in total. The molecule has 1 aliphatic heterocycles. The molecule has 1 aliphatic rings. The molecule has 1 fully saturated rings. The third kappa shape index (κ3) is 4.11. The van der Waals surface area contributed by atoms with Gasteiger partial charge in [0, 0.05) is 23.8 Å². The van der Waals surface area contributed by atoms with Gasteiger partial charge in [-0.25, -0.2) is 4.79 Å². The summed E-state index contributed by atoms with van der Waals surface area (Å²) in [5.74, 6) is -0.626. The quantitative estimate of drug-likeness (QED) is 0.250. The Bertz CT molecular complexity index is 1280. The molecular weight excluding hydrogens is 440 g/mol. The molecular formula is C21H12N2O6S2. The van der Waals surface area contributed by atoms with Gasteiger partial charge in [0.2, 0.25) is 0 Å². The van der Waals surface area contributed by atoms with Crippen molar-refractivity contribution in [3.63, 3.8) is 0 Å². The number of rotatable bonds is 5. The van der Waals surface area contributed by atoms with Gasteiger partial charge in [-0.05, 0) is 30.3 Å². The van der Waals surface area contributed by atoms with Crippen LogP contribution in [0, 0.1) is 10.1 Å². The molecule has 0 bridgehead atoms. The molecule has 1 saturated heterocycles. The monoisotopic (exact) mass is 452 g/mol. The van der Waals surface area contributed by atoms with E-state index in [2.05, 4.69) is 0 Å². The van der Waals surface area contributed by atoms with Gasteiger partial charge < -0.3 is 9.52 Å². The number of carboxylic acid groups (broad SMARTS) is 1. The van der Waals surface area contributed by atoms with E-state index in [0.29, 0.717) is 27.7 Å². The number of amides is 1. The first-order valence-electron chi connectivity index (χ1n) is 8.79. The fourth-order valence-electron chi connectivity index (χ4n) is 2.96. The number of thiocarbonyl (C=S) groups is 1. The summed E-state index contributed by atoms with van der Waals surface area (Å²) >= 11 is 6.35. The van der Waals surface area contributed by atoms with E-state index in [4.69, 9.17) is 21.7 Å². The van der Waals surface area contributed by atoms with Crippen LogP contribution in [0.4, 0.5) is 11.4 Å². The molecule has 3 aromatic rings. The van der Waals surface area contributed by atoms with E-state index >= 15 is 0 Å². The predicted octanol–water partition coefficient (Wildman–Crippen LogP) is 4.96. The number of carbonyl (C=O) groups is 2. The molecule has 0 aliphatic carbocycles. The first-order valence-corrected chi connectivity index (χ1v) is 10.0. The molecule has 10 heteroatoms. The van der Waals surface area contributed by atoms with Crippen LogP contribution in [0.2, 0.25) is 0 Å². The zero-order valence-corrected chi connectivity index (χ0v) is 17.2. The maximum Gasteiger partial charge on any atom is 0.335 e. The number of benzene rings is 2. The Labute approximate surface area is 184 Å². The Kier molecular flexibility index (Phi) is 5.40. The van der Waals surface area contributed by atoms with Crippen LogP contribution in [0.5, 0.6) is 0 Å². The van der Waals surface area contributed by atoms with Crippen LogP contribution in [0.15, 0.2) is 70.0 Å². The van der Waals surface area contributed by atoms with Crippen molar-refractivity contribution in [1.82, 2.24) is 0 Å². The highest BCUT2D eigenvalue weighted by atomic mass is 32.2. The van der Waals surface area contributed by atoms with Crippen molar-refractivity contribution in [3.05, 3.63) is 87.0 Å². The summed E-state index contributed by atoms with van der Waals surface area (Å²) in [7, 11) is 0. The molecule has 0 saturated carbocycles. The standard InChI is InChI=1S/C21H12N2O6S2/c24-19-18(31-21(30)22(19)14-5-2-6-15(10-14)23(27)28)11-16-7-8-17(29-16)12-3-1-4-13(9-12)20(25)26/h1-11H,(H,25,26)/b18-11-. The van der Waals surface area contributed by atoms with Gasteiger partial charge in [-0.1, -0.05) is 42.2 Å². The summed E-state index contributed by atoms with van der Waals surface area (Å²) in [5, 5.41) is 20.2. The average molecular weight is 452 g/mol. The summed E-state index contributed by atoms with van der Waals surface area (Å²) in [4.78, 5) is 36.0. The van der Waals surface area contributed by atoms with Crippen molar-refractivity contribution in [2.24, 2.45) is 0 Å². The minimum absolute atomic E-state index is 0.133. The van der Waals surface area contributed by atoms with Crippen molar-refractivity contribution in [2.75, 3.05) is 4.90 Å². The molecule has 2 aromatic carbocycles. The Hall–Kier alpha value is -3.76. The molecule has 0 atom stereocenters. The van der Waals surface area contributed by atoms with E-state index in [1.807, 2.05) is 0 Å². The van der Waals surface area contributed by atoms with Crippen molar-refractivity contribution in [3.8, 4) is 11.3 Å². The van der Waals surface area contributed by atoms with Gasteiger partial charge in [-0.15, -0.1) is 0 Å². The minimum atomic E-state index is -1.04. The van der Waals surface area contributed by atoms with Crippen LogP contribution in [0.25, 0.3) is 17.4 Å². The molecule has 4 rings (SSSR count). The van der Waals surface area contributed by atoms with Gasteiger partial charge >= 0.3 is 5.97 Å². The highest BCUT2D eigenvalue weighted by Gasteiger charge is 2.34. The fourth-order valence-corrected chi connectivity index (χ4v) is 4.24. The number of carbonyl (C=O) groups excluding carboxylic acids is 1. The highest BCUT2D eigenvalue weighted by Crippen LogP contribution is 2.37. The lowest BCUT2D eigenvalue weighted by Gasteiger charge is -2.13. The number of non-ortho nitro benzene ring substituents is 1. The molecule has 1 aromatic heterocycles. The van der Waals surface area contributed by atoms with E-state index in [-0.39, 0.29) is 15.6 Å². The molecule has 1 amide bonds. The number of nitro groups is 1. The zero-order chi connectivity index (χ0) is 22.1. The first kappa shape index (κ1) is 20.5. The minimum Gasteiger partial charge on any atom is -0.478 e. The maximum absolute atomic E-state index is 12.9. The number of carboxylic acids is 1. The topological polar surface area (TPSA) is 114 Å². The lowest BCUT2D eigenvalue weighted by atomic mass is 10.1. The van der Waals surface area contributed by atoms with Gasteiger partial charge in [0.25, 0.3) is 11.6 Å². The number of nitro benzene ring substituents is 1. The summed E-state index contributed by atoms with van der Waals surface area (Å²) in [5.41, 5.74) is 0.887. The molecule has 0 unspecified atom stereocenters. The van der Waals surface area contributed by atoms with E-state index in [1.54, 1.807) is 30.3 Å². The SMILES string of the molecule is O=C(O)c1cccc(-c2ccc(/C=C3\SC(=S)N(c4cccc([N+](=O)[O-])c4)C3=O)o2)c1. The summed E-state index contributed by atoms with van der Waals surface area (Å²) in [6.07, 6.45) is 1.53. The van der Waals surface area contributed by atoms with Gasteiger partial charge in [-0.2, -0.15) is 0 Å². The number of furan rings is 1. The third-order valence-corrected chi connectivity index (χ3v) is 5.69. The van der Waals surface area contributed by atoms with Crippen molar-refractivity contribution >= 4 is 57.6 Å².